The van der Waals surface area contributed by atoms with Crippen molar-refractivity contribution in [1.82, 2.24) is 9.80 Å². The predicted molar refractivity (Wildman–Crippen MR) is 72.6 cm³/mol. The van der Waals surface area contributed by atoms with Crippen molar-refractivity contribution in [1.29, 1.82) is 5.26 Å². The van der Waals surface area contributed by atoms with Gasteiger partial charge in [-0.3, -0.25) is 4.79 Å². The highest BCUT2D eigenvalue weighted by Gasteiger charge is 2.35. The summed E-state index contributed by atoms with van der Waals surface area (Å²) in [6, 6.07) is 1.79. The number of ether oxygens (including phenoxy) is 1. The first-order chi connectivity index (χ1) is 9.42. The third-order valence-electron chi connectivity index (χ3n) is 3.23. The smallest absolute Gasteiger partial charge is 0.409 e. The lowest BCUT2D eigenvalue weighted by Crippen LogP contribution is -2.58. The molecule has 0 aromatic heterocycles. The van der Waals surface area contributed by atoms with Crippen LogP contribution in [0.4, 0.5) is 4.79 Å². The van der Waals surface area contributed by atoms with Crippen LogP contribution >= 0.6 is 0 Å². The molecule has 0 aliphatic carbocycles. The van der Waals surface area contributed by atoms with Crippen LogP contribution in [0.2, 0.25) is 0 Å². The van der Waals surface area contributed by atoms with Crippen molar-refractivity contribution in [2.45, 2.75) is 32.2 Å². The number of carbonyl (C=O) groups excluding carboxylic acids is 2. The Labute approximate surface area is 119 Å². The summed E-state index contributed by atoms with van der Waals surface area (Å²) in [6.45, 7) is 5.38. The standard InChI is InChI=1S/C13H22N4O3/c1-3-4-9-20-12(19)17-7-5-16(6-8-17)11(18)13(2,15)10-14/h3-9,15H2,1-2H3/t13-/m0/s1. The molecule has 0 aromatic rings. The molecule has 1 saturated heterocycles. The number of amides is 2. The molecule has 0 unspecified atom stereocenters. The third-order valence-corrected chi connectivity index (χ3v) is 3.23. The van der Waals surface area contributed by atoms with Crippen molar-refractivity contribution in [3.05, 3.63) is 0 Å². The molecule has 0 radical (unpaired) electrons. The van der Waals surface area contributed by atoms with Crippen LogP contribution in [0, 0.1) is 11.3 Å². The van der Waals surface area contributed by atoms with Crippen LogP contribution in [0.5, 0.6) is 0 Å². The van der Waals surface area contributed by atoms with Gasteiger partial charge in [0.25, 0.3) is 5.91 Å². The van der Waals surface area contributed by atoms with Crippen LogP contribution in [-0.2, 0) is 9.53 Å². The van der Waals surface area contributed by atoms with E-state index in [1.54, 1.807) is 11.0 Å². The van der Waals surface area contributed by atoms with Gasteiger partial charge in [-0.25, -0.2) is 4.79 Å². The highest BCUT2D eigenvalue weighted by molar-refractivity contribution is 5.89. The number of rotatable bonds is 4. The van der Waals surface area contributed by atoms with Crippen molar-refractivity contribution in [2.75, 3.05) is 32.8 Å². The molecule has 2 amide bonds. The van der Waals surface area contributed by atoms with Crippen LogP contribution in [0.3, 0.4) is 0 Å². The predicted octanol–water partition coefficient (Wildman–Crippen LogP) is 0.308. The van der Waals surface area contributed by atoms with Gasteiger partial charge < -0.3 is 20.3 Å². The first kappa shape index (κ1) is 16.2. The molecule has 7 heteroatoms. The molecule has 2 N–H and O–H groups in total. The maximum absolute atomic E-state index is 12.0. The fraction of sp³-hybridized carbons (Fsp3) is 0.769. The summed E-state index contributed by atoms with van der Waals surface area (Å²) in [7, 11) is 0. The van der Waals surface area contributed by atoms with Gasteiger partial charge in [-0.1, -0.05) is 13.3 Å². The lowest BCUT2D eigenvalue weighted by molar-refractivity contribution is -0.136. The molecule has 1 aliphatic rings. The Morgan fingerprint density at radius 2 is 1.85 bits per heavy atom. The van der Waals surface area contributed by atoms with Gasteiger partial charge in [0.15, 0.2) is 5.54 Å². The fourth-order valence-corrected chi connectivity index (χ4v) is 1.86. The number of carbonyl (C=O) groups is 2. The van der Waals surface area contributed by atoms with E-state index in [-0.39, 0.29) is 6.09 Å². The van der Waals surface area contributed by atoms with Crippen molar-refractivity contribution < 1.29 is 14.3 Å². The summed E-state index contributed by atoms with van der Waals surface area (Å²) in [5, 5.41) is 8.85. The minimum atomic E-state index is -1.51. The maximum Gasteiger partial charge on any atom is 0.409 e. The molecule has 7 nitrogen and oxygen atoms in total. The van der Waals surface area contributed by atoms with E-state index in [1.165, 1.54) is 11.8 Å². The van der Waals surface area contributed by atoms with E-state index in [0.29, 0.717) is 32.8 Å². The molecular weight excluding hydrogens is 260 g/mol. The molecule has 0 spiro atoms. The topological polar surface area (TPSA) is 99.7 Å². The zero-order valence-corrected chi connectivity index (χ0v) is 12.1. The van der Waals surface area contributed by atoms with Crippen LogP contribution in [0.25, 0.3) is 0 Å². The second kappa shape index (κ2) is 7.10. The Balaban J connectivity index is 2.42. The summed E-state index contributed by atoms with van der Waals surface area (Å²) in [4.78, 5) is 26.8. The minimum Gasteiger partial charge on any atom is -0.449 e. The Hall–Kier alpha value is -1.81. The summed E-state index contributed by atoms with van der Waals surface area (Å²) < 4.78 is 5.11. The molecule has 0 saturated carbocycles. The molecule has 1 rings (SSSR count). The van der Waals surface area contributed by atoms with Gasteiger partial charge in [-0.05, 0) is 13.3 Å². The van der Waals surface area contributed by atoms with Gasteiger partial charge in [0.1, 0.15) is 0 Å². The number of hydrogen-bond acceptors (Lipinski definition) is 5. The normalized spacial score (nSPS) is 18.1. The van der Waals surface area contributed by atoms with Crippen molar-refractivity contribution in [3.8, 4) is 6.07 Å². The largest absolute Gasteiger partial charge is 0.449 e. The van der Waals surface area contributed by atoms with Gasteiger partial charge >= 0.3 is 6.09 Å². The van der Waals surface area contributed by atoms with Crippen LogP contribution in [-0.4, -0.2) is 60.1 Å². The molecule has 1 fully saturated rings. The molecule has 112 valence electrons. The summed E-state index contributed by atoms with van der Waals surface area (Å²) in [6.07, 6.45) is 1.47. The monoisotopic (exact) mass is 282 g/mol. The molecule has 0 bridgehead atoms. The zero-order chi connectivity index (χ0) is 15.2. The molecule has 20 heavy (non-hydrogen) atoms. The van der Waals surface area contributed by atoms with Gasteiger partial charge in [0.2, 0.25) is 0 Å². The van der Waals surface area contributed by atoms with Gasteiger partial charge in [0.05, 0.1) is 12.7 Å². The number of hydrogen-bond donors (Lipinski definition) is 1. The lowest BCUT2D eigenvalue weighted by atomic mass is 10.0. The second-order valence-corrected chi connectivity index (χ2v) is 5.06. The lowest BCUT2D eigenvalue weighted by Gasteiger charge is -2.36. The number of piperazine rings is 1. The highest BCUT2D eigenvalue weighted by atomic mass is 16.6. The molecule has 0 aromatic carbocycles. The van der Waals surface area contributed by atoms with Crippen molar-refractivity contribution in [3.63, 3.8) is 0 Å². The van der Waals surface area contributed by atoms with Crippen LogP contribution < -0.4 is 5.73 Å². The molecule has 1 aliphatic heterocycles. The number of nitrogens with two attached hydrogens (primary N) is 1. The first-order valence-corrected chi connectivity index (χ1v) is 6.83. The van der Waals surface area contributed by atoms with Gasteiger partial charge in [-0.15, -0.1) is 0 Å². The van der Waals surface area contributed by atoms with E-state index >= 15 is 0 Å². The van der Waals surface area contributed by atoms with E-state index in [1.807, 2.05) is 6.92 Å². The van der Waals surface area contributed by atoms with Crippen molar-refractivity contribution >= 4 is 12.0 Å². The Morgan fingerprint density at radius 3 is 2.35 bits per heavy atom. The SMILES string of the molecule is CCCCOC(=O)N1CCN(C(=O)[C@@](C)(N)C#N)CC1. The number of nitriles is 1. The zero-order valence-electron chi connectivity index (χ0n) is 12.1. The second-order valence-electron chi connectivity index (χ2n) is 5.06. The van der Waals surface area contributed by atoms with E-state index in [9.17, 15) is 9.59 Å². The summed E-state index contributed by atoms with van der Waals surface area (Å²) >= 11 is 0. The summed E-state index contributed by atoms with van der Waals surface area (Å²) in [5.41, 5.74) is 4.10. The molecule has 1 atom stereocenters. The molecular formula is C13H22N4O3. The van der Waals surface area contributed by atoms with E-state index in [2.05, 4.69) is 0 Å². The Kier molecular flexibility index (Phi) is 5.77. The highest BCUT2D eigenvalue weighted by Crippen LogP contribution is 2.10. The summed E-state index contributed by atoms with van der Waals surface area (Å²) in [5.74, 6) is -0.404. The quantitative estimate of drug-likeness (QED) is 0.748. The Bertz CT molecular complexity index is 395. The van der Waals surface area contributed by atoms with E-state index in [4.69, 9.17) is 15.7 Å². The minimum absolute atomic E-state index is 0.346. The number of nitrogens with zero attached hydrogens (tertiary/aromatic N) is 3. The average molecular weight is 282 g/mol. The van der Waals surface area contributed by atoms with Gasteiger partial charge in [-0.2, -0.15) is 5.26 Å². The van der Waals surface area contributed by atoms with Crippen LogP contribution in [0.1, 0.15) is 26.7 Å². The van der Waals surface area contributed by atoms with Gasteiger partial charge in [0, 0.05) is 26.2 Å². The van der Waals surface area contributed by atoms with E-state index in [0.717, 1.165) is 12.8 Å². The van der Waals surface area contributed by atoms with Crippen LogP contribution in [0.15, 0.2) is 0 Å². The Morgan fingerprint density at radius 1 is 1.30 bits per heavy atom. The maximum atomic E-state index is 12.0. The van der Waals surface area contributed by atoms with E-state index < -0.39 is 11.4 Å². The number of unbranched alkanes of at least 4 members (excludes halogenated alkanes) is 1. The average Bonchev–Trinajstić information content (AvgIpc) is 2.46. The van der Waals surface area contributed by atoms with Crippen molar-refractivity contribution in [2.24, 2.45) is 5.73 Å². The first-order valence-electron chi connectivity index (χ1n) is 6.83. The third kappa shape index (κ3) is 4.10. The molecule has 1 heterocycles. The fourth-order valence-electron chi connectivity index (χ4n) is 1.86.